The van der Waals surface area contributed by atoms with E-state index >= 15 is 0 Å². The van der Waals surface area contributed by atoms with Gasteiger partial charge in [-0.3, -0.25) is 4.79 Å². The lowest BCUT2D eigenvalue weighted by Crippen LogP contribution is -2.31. The minimum atomic E-state index is -0.749. The molecule has 23 heavy (non-hydrogen) atoms. The molecule has 2 N–H and O–H groups in total. The summed E-state index contributed by atoms with van der Waals surface area (Å²) in [6.07, 6.45) is 1.63. The first kappa shape index (κ1) is 17.7. The number of carboxylic acid groups (broad SMARTS) is 1. The summed E-state index contributed by atoms with van der Waals surface area (Å²) >= 11 is 3.59. The van der Waals surface area contributed by atoms with Gasteiger partial charge in [-0.05, 0) is 42.5 Å². The van der Waals surface area contributed by atoms with Gasteiger partial charge in [0.25, 0.3) is 0 Å². The molecule has 0 fully saturated rings. The maximum atomic E-state index is 10.9. The highest BCUT2D eigenvalue weighted by Crippen LogP contribution is 2.19. The zero-order chi connectivity index (χ0) is 16.7. The Balaban J connectivity index is 2.00. The van der Waals surface area contributed by atoms with Crippen LogP contribution < -0.4 is 5.32 Å². The van der Waals surface area contributed by atoms with Gasteiger partial charge in [0.15, 0.2) is 0 Å². The van der Waals surface area contributed by atoms with Crippen molar-refractivity contribution < 1.29 is 9.90 Å². The van der Waals surface area contributed by atoms with Crippen molar-refractivity contribution in [3.63, 3.8) is 0 Å². The van der Waals surface area contributed by atoms with Gasteiger partial charge < -0.3 is 10.4 Å². The van der Waals surface area contributed by atoms with Gasteiger partial charge in [0.2, 0.25) is 0 Å². The van der Waals surface area contributed by atoms with E-state index in [1.165, 1.54) is 16.7 Å². The third kappa shape index (κ3) is 6.16. The van der Waals surface area contributed by atoms with E-state index in [2.05, 4.69) is 58.5 Å². The normalized spacial score (nSPS) is 12.1. The van der Waals surface area contributed by atoms with Crippen LogP contribution in [0.25, 0.3) is 0 Å². The van der Waals surface area contributed by atoms with Crippen LogP contribution in [-0.2, 0) is 17.8 Å². The first-order valence-corrected chi connectivity index (χ1v) is 8.58. The number of benzene rings is 2. The molecule has 2 rings (SSSR count). The fourth-order valence-electron chi connectivity index (χ4n) is 2.52. The number of hydrogen-bond donors (Lipinski definition) is 2. The SMILES string of the molecule is Cc1ccc(CNC(CCC(=O)O)Cc2ccccc2)c(Br)c1. The Hall–Kier alpha value is -1.65. The maximum Gasteiger partial charge on any atom is 0.303 e. The van der Waals surface area contributed by atoms with E-state index in [-0.39, 0.29) is 12.5 Å². The molecule has 2 aromatic rings. The van der Waals surface area contributed by atoms with Crippen molar-refractivity contribution >= 4 is 21.9 Å². The molecule has 0 aliphatic heterocycles. The zero-order valence-electron chi connectivity index (χ0n) is 13.3. The number of nitrogens with one attached hydrogen (secondary N) is 1. The van der Waals surface area contributed by atoms with Crippen LogP contribution in [0.3, 0.4) is 0 Å². The van der Waals surface area contributed by atoms with Crippen molar-refractivity contribution in [2.75, 3.05) is 0 Å². The highest BCUT2D eigenvalue weighted by molar-refractivity contribution is 9.10. The van der Waals surface area contributed by atoms with E-state index < -0.39 is 5.97 Å². The predicted octanol–water partition coefficient (Wildman–Crippen LogP) is 4.32. The van der Waals surface area contributed by atoms with Crippen LogP contribution in [-0.4, -0.2) is 17.1 Å². The highest BCUT2D eigenvalue weighted by Gasteiger charge is 2.12. The molecule has 122 valence electrons. The molecule has 0 radical (unpaired) electrons. The third-order valence-corrected chi connectivity index (χ3v) is 4.56. The monoisotopic (exact) mass is 375 g/mol. The number of carbonyl (C=O) groups is 1. The lowest BCUT2D eigenvalue weighted by Gasteiger charge is -2.19. The van der Waals surface area contributed by atoms with E-state index in [0.717, 1.165) is 17.4 Å². The van der Waals surface area contributed by atoms with Gasteiger partial charge in [0.05, 0.1) is 0 Å². The number of aliphatic carboxylic acids is 1. The molecule has 1 unspecified atom stereocenters. The lowest BCUT2D eigenvalue weighted by molar-refractivity contribution is -0.137. The van der Waals surface area contributed by atoms with Gasteiger partial charge in [-0.15, -0.1) is 0 Å². The van der Waals surface area contributed by atoms with Crippen molar-refractivity contribution in [2.45, 2.75) is 38.8 Å². The van der Waals surface area contributed by atoms with Gasteiger partial charge in [-0.25, -0.2) is 0 Å². The number of rotatable bonds is 8. The van der Waals surface area contributed by atoms with Crippen LogP contribution in [0.4, 0.5) is 0 Å². The molecule has 0 bridgehead atoms. The lowest BCUT2D eigenvalue weighted by atomic mass is 10.0. The largest absolute Gasteiger partial charge is 0.481 e. The maximum absolute atomic E-state index is 10.9. The molecule has 3 nitrogen and oxygen atoms in total. The standard InChI is InChI=1S/C19H22BrNO2/c1-14-7-8-16(18(20)11-14)13-21-17(9-10-19(22)23)12-15-5-3-2-4-6-15/h2-8,11,17,21H,9-10,12-13H2,1H3,(H,22,23). The first-order chi connectivity index (χ1) is 11.0. The molecule has 0 aliphatic carbocycles. The summed E-state index contributed by atoms with van der Waals surface area (Å²) in [5.74, 6) is -0.749. The van der Waals surface area contributed by atoms with Crippen molar-refractivity contribution in [3.05, 3.63) is 69.7 Å². The van der Waals surface area contributed by atoms with Crippen LogP contribution in [0.15, 0.2) is 53.0 Å². The van der Waals surface area contributed by atoms with E-state index in [4.69, 9.17) is 5.11 Å². The summed E-state index contributed by atoms with van der Waals surface area (Å²) in [5.41, 5.74) is 3.62. The van der Waals surface area contributed by atoms with Crippen LogP contribution in [0, 0.1) is 6.92 Å². The average Bonchev–Trinajstić information content (AvgIpc) is 2.52. The summed E-state index contributed by atoms with van der Waals surface area (Å²) in [6, 6.07) is 16.6. The number of hydrogen-bond acceptors (Lipinski definition) is 2. The number of aryl methyl sites for hydroxylation is 1. The summed E-state index contributed by atoms with van der Waals surface area (Å²) in [6.45, 7) is 2.78. The molecule has 2 aromatic carbocycles. The molecule has 0 saturated carbocycles. The topological polar surface area (TPSA) is 49.3 Å². The van der Waals surface area contributed by atoms with Gasteiger partial charge >= 0.3 is 5.97 Å². The van der Waals surface area contributed by atoms with E-state index in [0.29, 0.717) is 6.42 Å². The average molecular weight is 376 g/mol. The van der Waals surface area contributed by atoms with Crippen LogP contribution in [0.5, 0.6) is 0 Å². The third-order valence-electron chi connectivity index (χ3n) is 3.82. The Labute approximate surface area is 145 Å². The fourth-order valence-corrected chi connectivity index (χ4v) is 3.16. The van der Waals surface area contributed by atoms with Crippen LogP contribution in [0.1, 0.15) is 29.5 Å². The van der Waals surface area contributed by atoms with E-state index in [1.54, 1.807) is 0 Å². The Morgan fingerprint density at radius 3 is 2.61 bits per heavy atom. The molecule has 4 heteroatoms. The zero-order valence-corrected chi connectivity index (χ0v) is 14.8. The first-order valence-electron chi connectivity index (χ1n) is 7.78. The van der Waals surface area contributed by atoms with Crippen molar-refractivity contribution in [2.24, 2.45) is 0 Å². The van der Waals surface area contributed by atoms with Crippen LogP contribution in [0.2, 0.25) is 0 Å². The molecule has 0 aromatic heterocycles. The van der Waals surface area contributed by atoms with Gasteiger partial charge in [-0.1, -0.05) is 58.4 Å². The van der Waals surface area contributed by atoms with Gasteiger partial charge in [0, 0.05) is 23.5 Å². The van der Waals surface area contributed by atoms with E-state index in [1.807, 2.05) is 18.2 Å². The van der Waals surface area contributed by atoms with Crippen LogP contribution >= 0.6 is 15.9 Å². The molecule has 0 amide bonds. The molecule has 0 spiro atoms. The van der Waals surface area contributed by atoms with Crippen molar-refractivity contribution in [1.29, 1.82) is 0 Å². The highest BCUT2D eigenvalue weighted by atomic mass is 79.9. The predicted molar refractivity (Wildman–Crippen MR) is 96.5 cm³/mol. The Morgan fingerprint density at radius 2 is 1.96 bits per heavy atom. The summed E-state index contributed by atoms with van der Waals surface area (Å²) in [7, 11) is 0. The smallest absolute Gasteiger partial charge is 0.303 e. The fraction of sp³-hybridized carbons (Fsp3) is 0.316. The molecule has 1 atom stereocenters. The molecule has 0 saturated heterocycles. The Kier molecular flexibility index (Phi) is 6.81. The summed E-state index contributed by atoms with van der Waals surface area (Å²) in [4.78, 5) is 10.9. The summed E-state index contributed by atoms with van der Waals surface area (Å²) < 4.78 is 1.08. The van der Waals surface area contributed by atoms with Gasteiger partial charge in [-0.2, -0.15) is 0 Å². The van der Waals surface area contributed by atoms with Gasteiger partial charge in [0.1, 0.15) is 0 Å². The molecular weight excluding hydrogens is 354 g/mol. The second-order valence-electron chi connectivity index (χ2n) is 5.79. The summed E-state index contributed by atoms with van der Waals surface area (Å²) in [5, 5.41) is 12.5. The second kappa shape index (κ2) is 8.85. The second-order valence-corrected chi connectivity index (χ2v) is 6.65. The molecular formula is C19H22BrNO2. The minimum Gasteiger partial charge on any atom is -0.481 e. The quantitative estimate of drug-likeness (QED) is 0.721. The van der Waals surface area contributed by atoms with Crippen molar-refractivity contribution in [3.8, 4) is 0 Å². The Morgan fingerprint density at radius 1 is 1.22 bits per heavy atom. The number of carboxylic acids is 1. The molecule has 0 heterocycles. The van der Waals surface area contributed by atoms with E-state index in [9.17, 15) is 4.79 Å². The minimum absolute atomic E-state index is 0.140. The molecule has 0 aliphatic rings. The Bertz CT molecular complexity index is 643. The van der Waals surface area contributed by atoms with Crippen molar-refractivity contribution in [1.82, 2.24) is 5.32 Å². The number of halogens is 1.